The van der Waals surface area contributed by atoms with Crippen LogP contribution in [0, 0.1) is 6.92 Å². The Morgan fingerprint density at radius 1 is 1.10 bits per heavy atom. The number of rotatable bonds is 7. The van der Waals surface area contributed by atoms with Gasteiger partial charge < -0.3 is 16.0 Å². The van der Waals surface area contributed by atoms with E-state index in [1.165, 1.54) is 0 Å². The molecule has 0 saturated carbocycles. The van der Waals surface area contributed by atoms with E-state index in [1.807, 2.05) is 32.9 Å². The lowest BCUT2D eigenvalue weighted by molar-refractivity contribution is -0.120. The molecule has 0 aliphatic carbocycles. The van der Waals surface area contributed by atoms with Crippen molar-refractivity contribution in [3.05, 3.63) is 29.3 Å². The molecule has 0 heterocycles. The van der Waals surface area contributed by atoms with Crippen LogP contribution in [-0.4, -0.2) is 31.4 Å². The number of aryl methyl sites for hydroxylation is 1. The van der Waals surface area contributed by atoms with Gasteiger partial charge in [-0.25, -0.2) is 0 Å². The van der Waals surface area contributed by atoms with Gasteiger partial charge in [-0.05, 0) is 38.5 Å². The number of nitrogens with one attached hydrogen (secondary N) is 3. The van der Waals surface area contributed by atoms with Crippen LogP contribution in [-0.2, 0) is 4.79 Å². The molecule has 0 unspecified atom stereocenters. The molecule has 0 aliphatic heterocycles. The molecule has 0 spiro atoms. The van der Waals surface area contributed by atoms with E-state index >= 15 is 0 Å². The van der Waals surface area contributed by atoms with Gasteiger partial charge in [0, 0.05) is 31.7 Å². The summed E-state index contributed by atoms with van der Waals surface area (Å²) in [6, 6.07) is 5.65. The standard InChI is InChI=1S/C15H23N3O2/c1-4-16-13-10-11(3)6-7-12(13)15(20)18-9-8-14(19)17-5-2/h6-7,10,16H,4-5,8-9H2,1-3H3,(H,17,19)(H,18,20). The number of anilines is 1. The summed E-state index contributed by atoms with van der Waals surface area (Å²) in [6.07, 6.45) is 0.294. The fraction of sp³-hybridized carbons (Fsp3) is 0.467. The average Bonchev–Trinajstić information content (AvgIpc) is 2.39. The molecule has 1 aromatic carbocycles. The molecule has 0 atom stereocenters. The molecule has 2 amide bonds. The van der Waals surface area contributed by atoms with Crippen molar-refractivity contribution in [1.29, 1.82) is 0 Å². The Labute approximate surface area is 120 Å². The van der Waals surface area contributed by atoms with Gasteiger partial charge in [-0.1, -0.05) is 6.07 Å². The van der Waals surface area contributed by atoms with Crippen LogP contribution in [0.5, 0.6) is 0 Å². The average molecular weight is 277 g/mol. The molecule has 20 heavy (non-hydrogen) atoms. The van der Waals surface area contributed by atoms with E-state index < -0.39 is 0 Å². The Kier molecular flexibility index (Phi) is 6.56. The second-order valence-corrected chi connectivity index (χ2v) is 4.54. The first kappa shape index (κ1) is 16.0. The predicted octanol–water partition coefficient (Wildman–Crippen LogP) is 1.68. The molecule has 0 radical (unpaired) electrons. The summed E-state index contributed by atoms with van der Waals surface area (Å²) in [7, 11) is 0. The zero-order valence-corrected chi connectivity index (χ0v) is 12.4. The molecule has 0 bridgehead atoms. The molecule has 0 aliphatic rings. The van der Waals surface area contributed by atoms with Gasteiger partial charge in [0.15, 0.2) is 0 Å². The van der Waals surface area contributed by atoms with Crippen LogP contribution in [0.2, 0.25) is 0 Å². The normalized spacial score (nSPS) is 9.95. The molecule has 5 nitrogen and oxygen atoms in total. The van der Waals surface area contributed by atoms with E-state index in [9.17, 15) is 9.59 Å². The van der Waals surface area contributed by atoms with Crippen LogP contribution in [0.4, 0.5) is 5.69 Å². The second kappa shape index (κ2) is 8.19. The molecule has 0 fully saturated rings. The highest BCUT2D eigenvalue weighted by Crippen LogP contribution is 2.17. The summed E-state index contributed by atoms with van der Waals surface area (Å²) in [5, 5.41) is 8.64. The quantitative estimate of drug-likeness (QED) is 0.710. The Bertz CT molecular complexity index is 472. The fourth-order valence-corrected chi connectivity index (χ4v) is 1.86. The second-order valence-electron chi connectivity index (χ2n) is 4.54. The predicted molar refractivity (Wildman–Crippen MR) is 81.0 cm³/mol. The Morgan fingerprint density at radius 3 is 2.50 bits per heavy atom. The first-order valence-corrected chi connectivity index (χ1v) is 6.97. The van der Waals surface area contributed by atoms with Crippen LogP contribution in [0.3, 0.4) is 0 Å². The van der Waals surface area contributed by atoms with Gasteiger partial charge in [0.25, 0.3) is 5.91 Å². The minimum atomic E-state index is -0.162. The Balaban J connectivity index is 2.61. The van der Waals surface area contributed by atoms with Gasteiger partial charge in [0.05, 0.1) is 5.56 Å². The van der Waals surface area contributed by atoms with Gasteiger partial charge >= 0.3 is 0 Å². The Morgan fingerprint density at radius 2 is 1.85 bits per heavy atom. The number of hydrogen-bond donors (Lipinski definition) is 3. The SMILES string of the molecule is CCNC(=O)CCNC(=O)c1ccc(C)cc1NCC. The molecule has 0 saturated heterocycles. The van der Waals surface area contributed by atoms with Crippen molar-refractivity contribution < 1.29 is 9.59 Å². The van der Waals surface area contributed by atoms with Gasteiger partial charge in [0.1, 0.15) is 0 Å². The van der Waals surface area contributed by atoms with Gasteiger partial charge in [-0.3, -0.25) is 9.59 Å². The maximum Gasteiger partial charge on any atom is 0.253 e. The number of hydrogen-bond acceptors (Lipinski definition) is 3. The number of benzene rings is 1. The van der Waals surface area contributed by atoms with Crippen LogP contribution in [0.15, 0.2) is 18.2 Å². The number of carbonyl (C=O) groups excluding carboxylic acids is 2. The van der Waals surface area contributed by atoms with Gasteiger partial charge in [-0.2, -0.15) is 0 Å². The molecule has 3 N–H and O–H groups in total. The summed E-state index contributed by atoms with van der Waals surface area (Å²) < 4.78 is 0. The highest BCUT2D eigenvalue weighted by atomic mass is 16.2. The first-order valence-electron chi connectivity index (χ1n) is 6.97. The van der Waals surface area contributed by atoms with Crippen LogP contribution >= 0.6 is 0 Å². The van der Waals surface area contributed by atoms with Crippen molar-refractivity contribution in [3.8, 4) is 0 Å². The summed E-state index contributed by atoms with van der Waals surface area (Å²) in [5.41, 5.74) is 2.52. The minimum Gasteiger partial charge on any atom is -0.385 e. The van der Waals surface area contributed by atoms with Crippen LogP contribution < -0.4 is 16.0 Å². The first-order chi connectivity index (χ1) is 9.58. The zero-order chi connectivity index (χ0) is 15.0. The summed E-state index contributed by atoms with van der Waals surface area (Å²) in [4.78, 5) is 23.4. The molecular formula is C15H23N3O2. The zero-order valence-electron chi connectivity index (χ0n) is 12.4. The lowest BCUT2D eigenvalue weighted by Crippen LogP contribution is -2.31. The van der Waals surface area contributed by atoms with E-state index in [0.717, 1.165) is 17.8 Å². The lowest BCUT2D eigenvalue weighted by atomic mass is 10.1. The molecule has 5 heteroatoms. The Hall–Kier alpha value is -2.04. The smallest absolute Gasteiger partial charge is 0.253 e. The van der Waals surface area contributed by atoms with E-state index in [1.54, 1.807) is 6.07 Å². The van der Waals surface area contributed by atoms with E-state index in [2.05, 4.69) is 16.0 Å². The third-order valence-electron chi connectivity index (χ3n) is 2.80. The van der Waals surface area contributed by atoms with Crippen molar-refractivity contribution >= 4 is 17.5 Å². The lowest BCUT2D eigenvalue weighted by Gasteiger charge is -2.12. The highest BCUT2D eigenvalue weighted by Gasteiger charge is 2.11. The maximum absolute atomic E-state index is 12.1. The molecule has 0 aromatic heterocycles. The van der Waals surface area contributed by atoms with Crippen molar-refractivity contribution in [2.45, 2.75) is 27.2 Å². The monoisotopic (exact) mass is 277 g/mol. The van der Waals surface area contributed by atoms with Crippen molar-refractivity contribution in [2.75, 3.05) is 25.0 Å². The van der Waals surface area contributed by atoms with Crippen LogP contribution in [0.1, 0.15) is 36.2 Å². The third kappa shape index (κ3) is 4.91. The molecule has 1 aromatic rings. The van der Waals surface area contributed by atoms with Gasteiger partial charge in [-0.15, -0.1) is 0 Å². The maximum atomic E-state index is 12.1. The van der Waals surface area contributed by atoms with E-state index in [4.69, 9.17) is 0 Å². The van der Waals surface area contributed by atoms with Crippen molar-refractivity contribution in [1.82, 2.24) is 10.6 Å². The topological polar surface area (TPSA) is 70.2 Å². The fourth-order valence-electron chi connectivity index (χ4n) is 1.86. The van der Waals surface area contributed by atoms with Crippen molar-refractivity contribution in [2.24, 2.45) is 0 Å². The largest absolute Gasteiger partial charge is 0.385 e. The number of carbonyl (C=O) groups is 2. The summed E-state index contributed by atoms with van der Waals surface area (Å²) >= 11 is 0. The number of amides is 2. The van der Waals surface area contributed by atoms with Crippen LogP contribution in [0.25, 0.3) is 0 Å². The molecule has 110 valence electrons. The summed E-state index contributed by atoms with van der Waals surface area (Å²) in [5.74, 6) is -0.214. The summed E-state index contributed by atoms with van der Waals surface area (Å²) in [6.45, 7) is 7.53. The third-order valence-corrected chi connectivity index (χ3v) is 2.80. The van der Waals surface area contributed by atoms with Crippen molar-refractivity contribution in [3.63, 3.8) is 0 Å². The molecular weight excluding hydrogens is 254 g/mol. The van der Waals surface area contributed by atoms with E-state index in [-0.39, 0.29) is 11.8 Å². The highest BCUT2D eigenvalue weighted by molar-refractivity contribution is 5.99. The van der Waals surface area contributed by atoms with E-state index in [0.29, 0.717) is 25.1 Å². The minimum absolute atomic E-state index is 0.0522. The molecule has 1 rings (SSSR count). The van der Waals surface area contributed by atoms with Gasteiger partial charge in [0.2, 0.25) is 5.91 Å².